The molecule has 0 saturated heterocycles. The van der Waals surface area contributed by atoms with Crippen molar-refractivity contribution in [1.29, 1.82) is 0 Å². The van der Waals surface area contributed by atoms with E-state index in [1.807, 2.05) is 0 Å². The summed E-state index contributed by atoms with van der Waals surface area (Å²) in [6.07, 6.45) is 2.21. The van der Waals surface area contributed by atoms with Crippen LogP contribution in [0.15, 0.2) is 24.0 Å². The van der Waals surface area contributed by atoms with Crippen LogP contribution < -0.4 is 0 Å². The molecule has 0 unspecified atom stereocenters. The van der Waals surface area contributed by atoms with E-state index in [2.05, 4.69) is 72.9 Å². The van der Waals surface area contributed by atoms with Gasteiger partial charge in [0.15, 0.2) is 0 Å². The Balaban J connectivity index is 5.26. The Kier molecular flexibility index (Phi) is 5.31. The van der Waals surface area contributed by atoms with Crippen molar-refractivity contribution >= 4 is 0 Å². The van der Waals surface area contributed by atoms with E-state index in [0.29, 0.717) is 12.0 Å². The third-order valence-corrected chi connectivity index (χ3v) is 2.84. The zero-order chi connectivity index (χ0) is 13.1. The fourth-order valence-electron chi connectivity index (χ4n) is 1.88. The van der Waals surface area contributed by atoms with Crippen LogP contribution in [-0.2, 0) is 0 Å². The molecule has 0 radical (unpaired) electrons. The molecule has 0 aliphatic carbocycles. The highest BCUT2D eigenvalue weighted by Crippen LogP contribution is 2.33. The second-order valence-electron chi connectivity index (χ2n) is 6.03. The number of hydrogen-bond donors (Lipinski definition) is 0. The van der Waals surface area contributed by atoms with Gasteiger partial charge >= 0.3 is 0 Å². The lowest BCUT2D eigenvalue weighted by molar-refractivity contribution is 0.256. The Morgan fingerprint density at radius 1 is 1.12 bits per heavy atom. The minimum Gasteiger partial charge on any atom is -0.346 e. The molecule has 0 aromatic carbocycles. The number of hydrogen-bond acceptors (Lipinski definition) is 1. The van der Waals surface area contributed by atoms with Gasteiger partial charge in [0.05, 0.1) is 0 Å². The van der Waals surface area contributed by atoms with Gasteiger partial charge in [-0.15, -0.1) is 0 Å². The van der Waals surface area contributed by atoms with Crippen LogP contribution in [0.3, 0.4) is 0 Å². The molecule has 0 N–H and O–H groups in total. The molecule has 0 amide bonds. The molecule has 0 aliphatic rings. The van der Waals surface area contributed by atoms with E-state index in [-0.39, 0.29) is 5.41 Å². The highest BCUT2D eigenvalue weighted by atomic mass is 15.2. The normalized spacial score (nSPS) is 13.5. The van der Waals surface area contributed by atoms with Gasteiger partial charge in [-0.2, -0.15) is 0 Å². The summed E-state index contributed by atoms with van der Waals surface area (Å²) in [5, 5.41) is 0. The van der Waals surface area contributed by atoms with Crippen LogP contribution in [-0.4, -0.2) is 10.9 Å². The molecule has 0 aromatic heterocycles. The van der Waals surface area contributed by atoms with E-state index in [0.717, 1.165) is 0 Å². The summed E-state index contributed by atoms with van der Waals surface area (Å²) in [5.41, 5.74) is 2.69. The molecule has 1 nitrogen and oxygen atoms in total. The average molecular weight is 223 g/mol. The summed E-state index contributed by atoms with van der Waals surface area (Å²) in [7, 11) is 0. The number of rotatable bonds is 4. The van der Waals surface area contributed by atoms with Gasteiger partial charge in [0.25, 0.3) is 0 Å². The van der Waals surface area contributed by atoms with E-state index >= 15 is 0 Å². The molecule has 0 fully saturated rings. The highest BCUT2D eigenvalue weighted by Gasteiger charge is 2.26. The highest BCUT2D eigenvalue weighted by molar-refractivity contribution is 5.17. The van der Waals surface area contributed by atoms with Crippen LogP contribution in [0.4, 0.5) is 0 Å². The Morgan fingerprint density at radius 2 is 1.56 bits per heavy atom. The predicted molar refractivity (Wildman–Crippen MR) is 74.2 cm³/mol. The Bertz CT molecular complexity index is 264. The maximum absolute atomic E-state index is 4.28. The molecular formula is C15H29N. The van der Waals surface area contributed by atoms with Gasteiger partial charge in [0.1, 0.15) is 0 Å². The molecule has 0 atom stereocenters. The monoisotopic (exact) mass is 223 g/mol. The molecule has 0 aromatic rings. The molecule has 1 heteroatoms. The molecular weight excluding hydrogens is 194 g/mol. The first-order valence-corrected chi connectivity index (χ1v) is 6.27. The maximum atomic E-state index is 4.28. The third kappa shape index (κ3) is 3.70. The zero-order valence-corrected chi connectivity index (χ0v) is 12.4. The van der Waals surface area contributed by atoms with E-state index < -0.39 is 0 Å². The fraction of sp³-hybridized carbons (Fsp3) is 0.733. The van der Waals surface area contributed by atoms with Crippen molar-refractivity contribution in [2.45, 2.75) is 61.4 Å². The molecule has 0 rings (SSSR count). The fourth-order valence-corrected chi connectivity index (χ4v) is 1.88. The second kappa shape index (κ2) is 5.56. The van der Waals surface area contributed by atoms with Gasteiger partial charge in [-0.3, -0.25) is 0 Å². The first-order chi connectivity index (χ1) is 7.12. The Hall–Kier alpha value is -0.720. The second-order valence-corrected chi connectivity index (χ2v) is 6.03. The summed E-state index contributed by atoms with van der Waals surface area (Å²) in [5.74, 6) is 0.534. The van der Waals surface area contributed by atoms with E-state index in [1.54, 1.807) is 0 Å². The molecule has 16 heavy (non-hydrogen) atoms. The third-order valence-electron chi connectivity index (χ3n) is 2.84. The lowest BCUT2D eigenvalue weighted by atomic mass is 9.90. The van der Waals surface area contributed by atoms with Crippen molar-refractivity contribution in [2.75, 3.05) is 0 Å². The average Bonchev–Trinajstić information content (AvgIpc) is 2.09. The van der Waals surface area contributed by atoms with Crippen molar-refractivity contribution in [3.05, 3.63) is 24.0 Å². The minimum absolute atomic E-state index is 0.118. The smallest absolute Gasteiger partial charge is 0.0279 e. The topological polar surface area (TPSA) is 3.24 Å². The maximum Gasteiger partial charge on any atom is 0.0279 e. The first-order valence-electron chi connectivity index (χ1n) is 6.27. The molecule has 0 spiro atoms. The summed E-state index contributed by atoms with van der Waals surface area (Å²) in [6.45, 7) is 22.0. The van der Waals surface area contributed by atoms with Crippen LogP contribution in [0, 0.1) is 11.3 Å². The molecule has 0 saturated carbocycles. The Morgan fingerprint density at radius 3 is 1.75 bits per heavy atom. The quantitative estimate of drug-likeness (QED) is 0.660. The zero-order valence-electron chi connectivity index (χ0n) is 12.4. The molecule has 0 heterocycles. The van der Waals surface area contributed by atoms with Gasteiger partial charge < -0.3 is 4.90 Å². The minimum atomic E-state index is 0.118. The number of allylic oxidation sites excluding steroid dienone is 3. The predicted octanol–water partition coefficient (Wildman–Crippen LogP) is 4.82. The van der Waals surface area contributed by atoms with Crippen molar-refractivity contribution in [2.24, 2.45) is 11.3 Å². The van der Waals surface area contributed by atoms with Crippen molar-refractivity contribution in [3.8, 4) is 0 Å². The van der Waals surface area contributed by atoms with Crippen molar-refractivity contribution < 1.29 is 0 Å². The summed E-state index contributed by atoms with van der Waals surface area (Å²) < 4.78 is 0. The lowest BCUT2D eigenvalue weighted by Gasteiger charge is -2.40. The molecule has 0 bridgehead atoms. The van der Waals surface area contributed by atoms with E-state index in [4.69, 9.17) is 0 Å². The van der Waals surface area contributed by atoms with E-state index in [9.17, 15) is 0 Å². The number of nitrogens with zero attached hydrogens (tertiary/aromatic N) is 1. The van der Waals surface area contributed by atoms with Gasteiger partial charge in [0.2, 0.25) is 0 Å². The van der Waals surface area contributed by atoms with Gasteiger partial charge in [-0.25, -0.2) is 0 Å². The van der Waals surface area contributed by atoms with Crippen LogP contribution in [0.1, 0.15) is 55.4 Å². The SMILES string of the molecule is C=C(N(/C(=C\C)C(C)C)C(C)C)C(C)(C)C. The molecule has 0 aliphatic heterocycles. The van der Waals surface area contributed by atoms with Crippen molar-refractivity contribution in [1.82, 2.24) is 4.90 Å². The van der Waals surface area contributed by atoms with Gasteiger partial charge in [0, 0.05) is 22.9 Å². The summed E-state index contributed by atoms with van der Waals surface area (Å²) in [4.78, 5) is 2.38. The van der Waals surface area contributed by atoms with E-state index in [1.165, 1.54) is 11.4 Å². The first kappa shape index (κ1) is 15.3. The lowest BCUT2D eigenvalue weighted by Crippen LogP contribution is -2.36. The Labute approximate surface area is 102 Å². The van der Waals surface area contributed by atoms with Crippen LogP contribution in [0.2, 0.25) is 0 Å². The van der Waals surface area contributed by atoms with Crippen LogP contribution in [0.25, 0.3) is 0 Å². The van der Waals surface area contributed by atoms with Crippen LogP contribution >= 0.6 is 0 Å². The van der Waals surface area contributed by atoms with Crippen molar-refractivity contribution in [3.63, 3.8) is 0 Å². The van der Waals surface area contributed by atoms with Gasteiger partial charge in [-0.1, -0.05) is 47.3 Å². The van der Waals surface area contributed by atoms with Crippen LogP contribution in [0.5, 0.6) is 0 Å². The summed E-state index contributed by atoms with van der Waals surface area (Å²) >= 11 is 0. The molecule has 94 valence electrons. The standard InChI is InChI=1S/C15H29N/c1-10-14(11(2)3)16(12(4)5)13(6)15(7,8)9/h10-12H,6H2,1-5,7-9H3/b14-10-. The largest absolute Gasteiger partial charge is 0.346 e. The summed E-state index contributed by atoms with van der Waals surface area (Å²) in [6, 6.07) is 0.459. The van der Waals surface area contributed by atoms with Gasteiger partial charge in [-0.05, 0) is 26.7 Å².